The summed E-state index contributed by atoms with van der Waals surface area (Å²) in [5.74, 6) is 0. The molecular formula is C11H15IN4. The fourth-order valence-electron chi connectivity index (χ4n) is 1.49. The monoisotopic (exact) mass is 330 g/mol. The van der Waals surface area contributed by atoms with E-state index < -0.39 is 0 Å². The number of hydrogen-bond acceptors (Lipinski definition) is 2. The molecule has 2 aromatic heterocycles. The van der Waals surface area contributed by atoms with Crippen LogP contribution in [-0.4, -0.2) is 19.6 Å². The Morgan fingerprint density at radius 2 is 2.31 bits per heavy atom. The third kappa shape index (κ3) is 2.63. The molecule has 16 heavy (non-hydrogen) atoms. The van der Waals surface area contributed by atoms with E-state index >= 15 is 0 Å². The van der Waals surface area contributed by atoms with Crippen molar-refractivity contribution in [3.8, 4) is 0 Å². The lowest BCUT2D eigenvalue weighted by atomic mass is 10.3. The van der Waals surface area contributed by atoms with E-state index in [-0.39, 0.29) is 0 Å². The van der Waals surface area contributed by atoms with E-state index in [1.54, 1.807) is 0 Å². The molecule has 0 N–H and O–H groups in total. The molecule has 1 unspecified atom stereocenters. The topological polar surface area (TPSA) is 35.6 Å². The molecule has 2 aromatic rings. The third-order valence-corrected chi connectivity index (χ3v) is 3.19. The molecule has 5 heteroatoms. The maximum atomic E-state index is 4.54. The summed E-state index contributed by atoms with van der Waals surface area (Å²) in [5, 5.41) is 8.78. The minimum absolute atomic E-state index is 0.464. The van der Waals surface area contributed by atoms with Crippen molar-refractivity contribution in [3.63, 3.8) is 0 Å². The van der Waals surface area contributed by atoms with Crippen molar-refractivity contribution in [2.75, 3.05) is 0 Å². The Morgan fingerprint density at radius 3 is 2.94 bits per heavy atom. The predicted molar refractivity (Wildman–Crippen MR) is 71.3 cm³/mol. The van der Waals surface area contributed by atoms with Crippen LogP contribution in [0.25, 0.3) is 0 Å². The van der Waals surface area contributed by atoms with Crippen molar-refractivity contribution in [2.24, 2.45) is 0 Å². The second kappa shape index (κ2) is 4.99. The van der Waals surface area contributed by atoms with Gasteiger partial charge in [0.1, 0.15) is 0 Å². The summed E-state index contributed by atoms with van der Waals surface area (Å²) in [6, 6.07) is 2.52. The quantitative estimate of drug-likeness (QED) is 0.808. The first-order valence-electron chi connectivity index (χ1n) is 5.41. The van der Waals surface area contributed by atoms with Crippen LogP contribution in [0.5, 0.6) is 0 Å². The Balaban J connectivity index is 2.08. The normalized spacial score (nSPS) is 12.9. The smallest absolute Gasteiger partial charge is 0.0850 e. The summed E-state index contributed by atoms with van der Waals surface area (Å²) in [6.45, 7) is 5.09. The van der Waals surface area contributed by atoms with Crippen LogP contribution < -0.4 is 0 Å². The standard InChI is InChI=1S/C11H15IN4/c1-3-9(2)16-5-4-11(14-16)8-15-7-10(12)6-13-15/h4-7,9H,3,8H2,1-2H3. The van der Waals surface area contributed by atoms with Gasteiger partial charge in [0.2, 0.25) is 0 Å². The van der Waals surface area contributed by atoms with E-state index in [1.807, 2.05) is 28.0 Å². The van der Waals surface area contributed by atoms with E-state index in [9.17, 15) is 0 Å². The van der Waals surface area contributed by atoms with Gasteiger partial charge in [-0.3, -0.25) is 9.36 Å². The molecule has 0 aliphatic rings. The zero-order valence-corrected chi connectivity index (χ0v) is 11.6. The van der Waals surface area contributed by atoms with Crippen LogP contribution in [0.3, 0.4) is 0 Å². The number of hydrogen-bond donors (Lipinski definition) is 0. The lowest BCUT2D eigenvalue weighted by Crippen LogP contribution is -2.06. The molecule has 4 nitrogen and oxygen atoms in total. The van der Waals surface area contributed by atoms with E-state index in [4.69, 9.17) is 0 Å². The van der Waals surface area contributed by atoms with Gasteiger partial charge in [-0.1, -0.05) is 6.92 Å². The maximum absolute atomic E-state index is 4.54. The second-order valence-corrected chi connectivity index (χ2v) is 5.15. The zero-order chi connectivity index (χ0) is 11.5. The van der Waals surface area contributed by atoms with E-state index in [0.717, 1.165) is 22.2 Å². The van der Waals surface area contributed by atoms with Gasteiger partial charge in [-0.2, -0.15) is 10.2 Å². The fourth-order valence-corrected chi connectivity index (χ4v) is 1.93. The van der Waals surface area contributed by atoms with Crippen molar-refractivity contribution in [2.45, 2.75) is 32.9 Å². The minimum Gasteiger partial charge on any atom is -0.270 e. The molecule has 0 saturated carbocycles. The van der Waals surface area contributed by atoms with Crippen molar-refractivity contribution in [3.05, 3.63) is 33.9 Å². The van der Waals surface area contributed by atoms with Crippen molar-refractivity contribution < 1.29 is 0 Å². The molecular weight excluding hydrogens is 315 g/mol. The lowest BCUT2D eigenvalue weighted by molar-refractivity contribution is 0.471. The SMILES string of the molecule is CCC(C)n1ccc(Cn2cc(I)cn2)n1. The van der Waals surface area contributed by atoms with Gasteiger partial charge in [0.25, 0.3) is 0 Å². The van der Waals surface area contributed by atoms with Gasteiger partial charge >= 0.3 is 0 Å². The van der Waals surface area contributed by atoms with Crippen LogP contribution >= 0.6 is 22.6 Å². The first-order valence-corrected chi connectivity index (χ1v) is 6.49. The van der Waals surface area contributed by atoms with E-state index in [2.05, 4.69) is 52.7 Å². The molecule has 86 valence electrons. The van der Waals surface area contributed by atoms with Crippen LogP contribution in [0, 0.1) is 3.57 Å². The van der Waals surface area contributed by atoms with Crippen LogP contribution in [-0.2, 0) is 6.54 Å². The summed E-state index contributed by atoms with van der Waals surface area (Å²) >= 11 is 2.26. The Bertz CT molecular complexity index is 460. The van der Waals surface area contributed by atoms with Gasteiger partial charge < -0.3 is 0 Å². The van der Waals surface area contributed by atoms with Crippen LogP contribution in [0.2, 0.25) is 0 Å². The lowest BCUT2D eigenvalue weighted by Gasteiger charge is -2.08. The largest absolute Gasteiger partial charge is 0.270 e. The maximum Gasteiger partial charge on any atom is 0.0850 e. The number of halogens is 1. The minimum atomic E-state index is 0.464. The highest BCUT2D eigenvalue weighted by molar-refractivity contribution is 14.1. The Hall–Kier alpha value is -0.850. The molecule has 0 spiro atoms. The Kier molecular flexibility index (Phi) is 3.63. The van der Waals surface area contributed by atoms with Gasteiger partial charge in [0.05, 0.1) is 22.0 Å². The summed E-state index contributed by atoms with van der Waals surface area (Å²) < 4.78 is 5.08. The highest BCUT2D eigenvalue weighted by atomic mass is 127. The molecule has 2 heterocycles. The van der Waals surface area contributed by atoms with E-state index in [0.29, 0.717) is 6.04 Å². The summed E-state index contributed by atoms with van der Waals surface area (Å²) in [4.78, 5) is 0. The number of aromatic nitrogens is 4. The Morgan fingerprint density at radius 1 is 1.50 bits per heavy atom. The average molecular weight is 330 g/mol. The van der Waals surface area contributed by atoms with E-state index in [1.165, 1.54) is 0 Å². The Labute approximate surface area is 109 Å². The first kappa shape index (κ1) is 11.6. The molecule has 0 amide bonds. The van der Waals surface area contributed by atoms with Gasteiger partial charge in [-0.15, -0.1) is 0 Å². The van der Waals surface area contributed by atoms with Crippen LogP contribution in [0.1, 0.15) is 32.0 Å². The number of nitrogens with zero attached hydrogens (tertiary/aromatic N) is 4. The molecule has 0 saturated heterocycles. The van der Waals surface area contributed by atoms with Gasteiger partial charge in [-0.25, -0.2) is 0 Å². The summed E-state index contributed by atoms with van der Waals surface area (Å²) in [7, 11) is 0. The molecule has 0 radical (unpaired) electrons. The molecule has 1 atom stereocenters. The molecule has 2 rings (SSSR count). The highest BCUT2D eigenvalue weighted by Crippen LogP contribution is 2.10. The second-order valence-electron chi connectivity index (χ2n) is 3.90. The zero-order valence-electron chi connectivity index (χ0n) is 9.47. The first-order chi connectivity index (χ1) is 7.69. The molecule has 0 aliphatic heterocycles. The van der Waals surface area contributed by atoms with Crippen LogP contribution in [0.4, 0.5) is 0 Å². The highest BCUT2D eigenvalue weighted by Gasteiger charge is 2.05. The van der Waals surface area contributed by atoms with Gasteiger partial charge in [0.15, 0.2) is 0 Å². The number of rotatable bonds is 4. The molecule has 0 aromatic carbocycles. The fraction of sp³-hybridized carbons (Fsp3) is 0.455. The third-order valence-electron chi connectivity index (χ3n) is 2.63. The molecule has 0 fully saturated rings. The predicted octanol–water partition coefficient (Wildman–Crippen LogP) is 2.70. The van der Waals surface area contributed by atoms with Crippen molar-refractivity contribution >= 4 is 22.6 Å². The average Bonchev–Trinajstić information content (AvgIpc) is 2.87. The molecule has 0 bridgehead atoms. The van der Waals surface area contributed by atoms with Gasteiger partial charge in [0, 0.05) is 18.4 Å². The van der Waals surface area contributed by atoms with Crippen molar-refractivity contribution in [1.29, 1.82) is 0 Å². The summed E-state index contributed by atoms with van der Waals surface area (Å²) in [6.07, 6.45) is 7.01. The molecule has 0 aliphatic carbocycles. The summed E-state index contributed by atoms with van der Waals surface area (Å²) in [5.41, 5.74) is 1.06. The van der Waals surface area contributed by atoms with Crippen LogP contribution in [0.15, 0.2) is 24.7 Å². The van der Waals surface area contributed by atoms with Gasteiger partial charge in [-0.05, 0) is 42.0 Å². The van der Waals surface area contributed by atoms with Crippen molar-refractivity contribution in [1.82, 2.24) is 19.6 Å².